The van der Waals surface area contributed by atoms with E-state index in [9.17, 15) is 4.79 Å². The van der Waals surface area contributed by atoms with Gasteiger partial charge in [0.1, 0.15) is 0 Å². The number of hydrogen-bond acceptors (Lipinski definition) is 2. The summed E-state index contributed by atoms with van der Waals surface area (Å²) in [5.74, 6) is 0.286. The average Bonchev–Trinajstić information content (AvgIpc) is 2.60. The van der Waals surface area contributed by atoms with Gasteiger partial charge in [-0.1, -0.05) is 23.8 Å². The highest BCUT2D eigenvalue weighted by Crippen LogP contribution is 2.52. The van der Waals surface area contributed by atoms with Crippen LogP contribution < -0.4 is 0 Å². The minimum absolute atomic E-state index is 0.00519. The third-order valence-corrected chi connectivity index (χ3v) is 5.23. The Morgan fingerprint density at radius 3 is 3.27 bits per heavy atom. The number of amides is 1. The lowest BCUT2D eigenvalue weighted by atomic mass is 10.1. The molecule has 80 valence electrons. The van der Waals surface area contributed by atoms with Crippen LogP contribution in [0.3, 0.4) is 0 Å². The molecule has 3 rings (SSSR count). The summed E-state index contributed by atoms with van der Waals surface area (Å²) in [4.78, 5) is 13.9. The minimum atomic E-state index is -0.00519. The van der Waals surface area contributed by atoms with Gasteiger partial charge in [0.05, 0.1) is 16.2 Å². The predicted octanol–water partition coefficient (Wildman–Crippen LogP) is 2.50. The Kier molecular flexibility index (Phi) is 1.99. The fourth-order valence-electron chi connectivity index (χ4n) is 2.68. The van der Waals surface area contributed by atoms with E-state index >= 15 is 0 Å². The Balaban J connectivity index is 2.00. The number of carbonyl (C=O) groups excluding carboxylic acids is 1. The average molecular weight is 242 g/mol. The zero-order valence-electron chi connectivity index (χ0n) is 8.44. The molecular weight excluding hydrogens is 230 g/mol. The molecule has 0 aromatic carbocycles. The molecule has 0 aromatic rings. The van der Waals surface area contributed by atoms with Gasteiger partial charge in [-0.25, -0.2) is 0 Å². The first-order chi connectivity index (χ1) is 7.10. The smallest absolute Gasteiger partial charge is 0.224 e. The van der Waals surface area contributed by atoms with Crippen LogP contribution in [0.25, 0.3) is 0 Å². The topological polar surface area (TPSA) is 20.3 Å². The molecule has 0 bridgehead atoms. The Morgan fingerprint density at radius 1 is 1.67 bits per heavy atom. The summed E-state index contributed by atoms with van der Waals surface area (Å²) in [6.45, 7) is 2.16. The van der Waals surface area contributed by atoms with Gasteiger partial charge in [-0.05, 0) is 19.4 Å². The summed E-state index contributed by atoms with van der Waals surface area (Å²) < 4.78 is 0. The molecule has 0 radical (unpaired) electrons. The molecule has 2 fully saturated rings. The normalized spacial score (nSPS) is 42.9. The van der Waals surface area contributed by atoms with E-state index in [2.05, 4.69) is 19.1 Å². The fourth-order valence-corrected chi connectivity index (χ4v) is 4.67. The van der Waals surface area contributed by atoms with Gasteiger partial charge >= 0.3 is 0 Å². The number of halogens is 1. The zero-order valence-corrected chi connectivity index (χ0v) is 10.0. The number of nitrogens with zero attached hydrogens (tertiary/aromatic N) is 1. The second-order valence-electron chi connectivity index (χ2n) is 4.42. The van der Waals surface area contributed by atoms with Gasteiger partial charge < -0.3 is 4.90 Å². The Morgan fingerprint density at radius 2 is 2.47 bits per heavy atom. The zero-order chi connectivity index (χ0) is 10.6. The largest absolute Gasteiger partial charge is 0.320 e. The predicted molar refractivity (Wildman–Crippen MR) is 62.7 cm³/mol. The Labute approximate surface area is 98.3 Å². The first kappa shape index (κ1) is 9.79. The molecular formula is C11H12ClNOS. The molecule has 1 aliphatic carbocycles. The molecule has 4 heteroatoms. The molecule has 3 unspecified atom stereocenters. The Hall–Kier alpha value is -0.410. The molecule has 2 nitrogen and oxygen atoms in total. The van der Waals surface area contributed by atoms with Crippen molar-refractivity contribution in [3.05, 3.63) is 23.3 Å². The molecule has 2 saturated heterocycles. The molecule has 0 N–H and O–H groups in total. The number of allylic oxidation sites excluding steroid dienone is 2. The quantitative estimate of drug-likeness (QED) is 0.650. The molecule has 2 aliphatic heterocycles. The maximum atomic E-state index is 11.8. The third-order valence-electron chi connectivity index (χ3n) is 3.38. The van der Waals surface area contributed by atoms with Crippen molar-refractivity contribution >= 4 is 29.3 Å². The maximum absolute atomic E-state index is 11.8. The van der Waals surface area contributed by atoms with Crippen molar-refractivity contribution in [3.8, 4) is 0 Å². The van der Waals surface area contributed by atoms with Crippen LogP contribution in [0.1, 0.15) is 19.8 Å². The summed E-state index contributed by atoms with van der Waals surface area (Å²) in [6, 6.07) is 0.220. The molecule has 2 heterocycles. The fraction of sp³-hybridized carbons (Fsp3) is 0.545. The summed E-state index contributed by atoms with van der Waals surface area (Å²) in [5.41, 5.74) is 0. The minimum Gasteiger partial charge on any atom is -0.320 e. The van der Waals surface area contributed by atoms with Crippen molar-refractivity contribution < 1.29 is 4.79 Å². The molecule has 15 heavy (non-hydrogen) atoms. The highest BCUT2D eigenvalue weighted by atomic mass is 35.5. The number of thioether (sulfide) groups is 1. The van der Waals surface area contributed by atoms with E-state index in [1.54, 1.807) is 0 Å². The lowest BCUT2D eigenvalue weighted by molar-refractivity contribution is -0.130. The third kappa shape index (κ3) is 1.29. The van der Waals surface area contributed by atoms with Gasteiger partial charge in [0.2, 0.25) is 5.91 Å². The van der Waals surface area contributed by atoms with Gasteiger partial charge in [0, 0.05) is 11.5 Å². The standard InChI is InChI=1S/C11H12ClNOS/c1-11-5-4-10(14)13(11)8-3-2-7(12)6-9(8)15-11/h2-3,6,8-9H,4-5H2,1H3. The summed E-state index contributed by atoms with van der Waals surface area (Å²) in [6.07, 6.45) is 7.68. The van der Waals surface area contributed by atoms with Crippen molar-refractivity contribution in [1.29, 1.82) is 0 Å². The van der Waals surface area contributed by atoms with Crippen LogP contribution >= 0.6 is 23.4 Å². The van der Waals surface area contributed by atoms with Crippen LogP contribution in [-0.2, 0) is 4.79 Å². The Bertz CT molecular complexity index is 392. The van der Waals surface area contributed by atoms with Gasteiger partial charge in [-0.2, -0.15) is 0 Å². The van der Waals surface area contributed by atoms with Crippen LogP contribution in [0.5, 0.6) is 0 Å². The van der Waals surface area contributed by atoms with Crippen molar-refractivity contribution in [2.45, 2.75) is 35.9 Å². The van der Waals surface area contributed by atoms with Crippen molar-refractivity contribution in [1.82, 2.24) is 4.90 Å². The van der Waals surface area contributed by atoms with Crippen molar-refractivity contribution in [2.24, 2.45) is 0 Å². The van der Waals surface area contributed by atoms with Crippen molar-refractivity contribution in [2.75, 3.05) is 0 Å². The monoisotopic (exact) mass is 241 g/mol. The van der Waals surface area contributed by atoms with Crippen LogP contribution in [-0.4, -0.2) is 27.0 Å². The number of hydrogen-bond donors (Lipinski definition) is 0. The molecule has 0 aromatic heterocycles. The summed E-state index contributed by atoms with van der Waals surface area (Å²) in [5, 5.41) is 1.14. The maximum Gasteiger partial charge on any atom is 0.224 e. The van der Waals surface area contributed by atoms with Gasteiger partial charge in [-0.15, -0.1) is 11.8 Å². The summed E-state index contributed by atoms with van der Waals surface area (Å²) >= 11 is 7.85. The number of fused-ring (bicyclic) bond motifs is 3. The van der Waals surface area contributed by atoms with Gasteiger partial charge in [-0.3, -0.25) is 4.79 Å². The van der Waals surface area contributed by atoms with E-state index in [0.29, 0.717) is 11.7 Å². The molecule has 1 amide bonds. The molecule has 0 saturated carbocycles. The van der Waals surface area contributed by atoms with E-state index in [1.807, 2.05) is 22.7 Å². The highest BCUT2D eigenvalue weighted by Gasteiger charge is 2.54. The van der Waals surface area contributed by atoms with Crippen LogP contribution in [0.4, 0.5) is 0 Å². The van der Waals surface area contributed by atoms with Gasteiger partial charge in [0.15, 0.2) is 0 Å². The lowest BCUT2D eigenvalue weighted by Crippen LogP contribution is -2.42. The van der Waals surface area contributed by atoms with Crippen LogP contribution in [0.2, 0.25) is 0 Å². The second kappa shape index (κ2) is 3.05. The molecule has 3 aliphatic rings. The van der Waals surface area contributed by atoms with E-state index < -0.39 is 0 Å². The van der Waals surface area contributed by atoms with Crippen molar-refractivity contribution in [3.63, 3.8) is 0 Å². The first-order valence-corrected chi connectivity index (χ1v) is 6.41. The van der Waals surface area contributed by atoms with E-state index in [-0.39, 0.29) is 16.8 Å². The molecule has 0 spiro atoms. The highest BCUT2D eigenvalue weighted by molar-refractivity contribution is 8.01. The lowest BCUT2D eigenvalue weighted by Gasteiger charge is -2.29. The second-order valence-corrected chi connectivity index (χ2v) is 6.52. The van der Waals surface area contributed by atoms with Crippen LogP contribution in [0.15, 0.2) is 23.3 Å². The van der Waals surface area contributed by atoms with Gasteiger partial charge in [0.25, 0.3) is 0 Å². The number of rotatable bonds is 0. The molecule has 3 atom stereocenters. The van der Waals surface area contributed by atoms with E-state index in [4.69, 9.17) is 11.6 Å². The SMILES string of the molecule is CC12CCC(=O)N1C1C=CC(Cl)=CC1S2. The van der Waals surface area contributed by atoms with Crippen LogP contribution in [0, 0.1) is 0 Å². The summed E-state index contributed by atoms with van der Waals surface area (Å²) in [7, 11) is 0. The van der Waals surface area contributed by atoms with E-state index in [1.165, 1.54) is 0 Å². The first-order valence-electron chi connectivity index (χ1n) is 5.16. The number of carbonyl (C=O) groups is 1. The van der Waals surface area contributed by atoms with E-state index in [0.717, 1.165) is 11.5 Å².